The third-order valence-electron chi connectivity index (χ3n) is 1.91. The Kier molecular flexibility index (Phi) is 2.93. The molecule has 1 nitrogen and oxygen atoms in total. The number of carbonyl (C=O) groups excluding carboxylic acids is 1. The first-order valence-corrected chi connectivity index (χ1v) is 4.00. The Hall–Kier alpha value is -1.32. The summed E-state index contributed by atoms with van der Waals surface area (Å²) in [5.74, 6) is -0.489. The summed E-state index contributed by atoms with van der Waals surface area (Å²) < 4.78 is 36.4. The summed E-state index contributed by atoms with van der Waals surface area (Å²) in [6.07, 6.45) is -2.62. The Balaban J connectivity index is 2.95. The summed E-state index contributed by atoms with van der Waals surface area (Å²) in [4.78, 5) is 10.2. The summed E-state index contributed by atoms with van der Waals surface area (Å²) in [5.41, 5.74) is -0.174. The highest BCUT2D eigenvalue weighted by atomic mass is 19.4. The van der Waals surface area contributed by atoms with Crippen LogP contribution in [0.2, 0.25) is 0 Å². The van der Waals surface area contributed by atoms with Crippen molar-refractivity contribution in [1.82, 2.24) is 0 Å². The Morgan fingerprint density at radius 2 is 1.71 bits per heavy atom. The van der Waals surface area contributed by atoms with Crippen LogP contribution in [0.15, 0.2) is 24.3 Å². The van der Waals surface area contributed by atoms with E-state index in [1.807, 2.05) is 0 Å². The van der Waals surface area contributed by atoms with Crippen molar-refractivity contribution in [3.8, 4) is 0 Å². The van der Waals surface area contributed by atoms with Gasteiger partial charge in [-0.15, -0.1) is 0 Å². The van der Waals surface area contributed by atoms with Crippen molar-refractivity contribution in [3.05, 3.63) is 35.4 Å². The fraction of sp³-hybridized carbons (Fsp3) is 0.300. The van der Waals surface area contributed by atoms with Crippen LogP contribution in [0, 0.1) is 0 Å². The quantitative estimate of drug-likeness (QED) is 0.718. The van der Waals surface area contributed by atoms with E-state index in [-0.39, 0.29) is 0 Å². The van der Waals surface area contributed by atoms with E-state index in [0.29, 0.717) is 5.56 Å². The molecule has 0 bridgehead atoms. The fourth-order valence-electron chi connectivity index (χ4n) is 1.03. The van der Waals surface area contributed by atoms with E-state index < -0.39 is 17.7 Å². The molecular weight excluding hydrogens is 193 g/mol. The maximum Gasteiger partial charge on any atom is 0.416 e. The molecule has 0 aliphatic carbocycles. The van der Waals surface area contributed by atoms with Crippen LogP contribution < -0.4 is 0 Å². The summed E-state index contributed by atoms with van der Waals surface area (Å²) in [5, 5.41) is 0. The van der Waals surface area contributed by atoms with Crippen LogP contribution in [0.25, 0.3) is 0 Å². The first-order valence-electron chi connectivity index (χ1n) is 4.00. The van der Waals surface area contributed by atoms with E-state index >= 15 is 0 Å². The Labute approximate surface area is 79.5 Å². The van der Waals surface area contributed by atoms with Crippen LogP contribution >= 0.6 is 0 Å². The van der Waals surface area contributed by atoms with Crippen molar-refractivity contribution in [2.75, 3.05) is 0 Å². The van der Waals surface area contributed by atoms with Gasteiger partial charge in [-0.3, -0.25) is 4.79 Å². The number of hydrogen-bond donors (Lipinski definition) is 0. The van der Waals surface area contributed by atoms with Gasteiger partial charge in [0.25, 0.3) is 0 Å². The molecule has 0 aliphatic heterocycles. The Morgan fingerprint density at radius 3 is 2.07 bits per heavy atom. The van der Waals surface area contributed by atoms with E-state index in [1.54, 1.807) is 13.2 Å². The topological polar surface area (TPSA) is 17.1 Å². The fourth-order valence-corrected chi connectivity index (χ4v) is 1.03. The van der Waals surface area contributed by atoms with Gasteiger partial charge in [-0.25, -0.2) is 0 Å². The van der Waals surface area contributed by atoms with E-state index in [9.17, 15) is 18.0 Å². The van der Waals surface area contributed by atoms with Gasteiger partial charge >= 0.3 is 6.18 Å². The number of halogens is 3. The minimum atomic E-state index is -4.33. The molecule has 1 radical (unpaired) electrons. The molecular formula is C10H8F3O. The third-order valence-corrected chi connectivity index (χ3v) is 1.91. The highest BCUT2D eigenvalue weighted by molar-refractivity contribution is 5.62. The van der Waals surface area contributed by atoms with Gasteiger partial charge in [-0.05, 0) is 17.7 Å². The standard InChI is InChI=1S/C10H8F3O/c1-7(6-14)8-2-4-9(5-3-8)10(11,12)13/h2-5,7H,1H3/t7-/m1/s1. The molecule has 0 spiro atoms. The van der Waals surface area contributed by atoms with Crippen LogP contribution in [0.4, 0.5) is 13.2 Å². The minimum Gasteiger partial charge on any atom is -0.290 e. The maximum atomic E-state index is 12.1. The van der Waals surface area contributed by atoms with E-state index in [2.05, 4.69) is 0 Å². The summed E-state index contributed by atoms with van der Waals surface area (Å²) in [7, 11) is 0. The van der Waals surface area contributed by atoms with Crippen molar-refractivity contribution in [2.24, 2.45) is 0 Å². The van der Waals surface area contributed by atoms with E-state index in [0.717, 1.165) is 12.1 Å². The second kappa shape index (κ2) is 3.82. The molecule has 0 N–H and O–H groups in total. The molecule has 0 heterocycles. The van der Waals surface area contributed by atoms with Gasteiger partial charge < -0.3 is 0 Å². The molecule has 14 heavy (non-hydrogen) atoms. The van der Waals surface area contributed by atoms with Crippen molar-refractivity contribution < 1.29 is 18.0 Å². The summed E-state index contributed by atoms with van der Waals surface area (Å²) >= 11 is 0. The third kappa shape index (κ3) is 2.34. The highest BCUT2D eigenvalue weighted by Crippen LogP contribution is 2.29. The molecule has 75 valence electrons. The zero-order valence-corrected chi connectivity index (χ0v) is 7.43. The Morgan fingerprint density at radius 1 is 1.21 bits per heavy atom. The lowest BCUT2D eigenvalue weighted by molar-refractivity contribution is -0.137. The van der Waals surface area contributed by atoms with Crippen molar-refractivity contribution in [2.45, 2.75) is 19.0 Å². The molecule has 1 aromatic carbocycles. The van der Waals surface area contributed by atoms with Gasteiger partial charge in [0.15, 0.2) is 0 Å². The van der Waals surface area contributed by atoms with Gasteiger partial charge in [0.2, 0.25) is 6.29 Å². The second-order valence-corrected chi connectivity index (χ2v) is 2.96. The lowest BCUT2D eigenvalue weighted by Crippen LogP contribution is -2.05. The van der Waals surface area contributed by atoms with Crippen LogP contribution in [0.3, 0.4) is 0 Å². The van der Waals surface area contributed by atoms with Crippen molar-refractivity contribution >= 4 is 6.29 Å². The summed E-state index contributed by atoms with van der Waals surface area (Å²) in [6.45, 7) is 1.58. The average molecular weight is 201 g/mol. The van der Waals surface area contributed by atoms with Crippen LogP contribution in [-0.2, 0) is 11.0 Å². The monoisotopic (exact) mass is 201 g/mol. The number of alkyl halides is 3. The van der Waals surface area contributed by atoms with E-state index in [4.69, 9.17) is 0 Å². The normalized spacial score (nSPS) is 13.7. The van der Waals surface area contributed by atoms with Crippen LogP contribution in [0.1, 0.15) is 24.0 Å². The van der Waals surface area contributed by atoms with Crippen LogP contribution in [0.5, 0.6) is 0 Å². The zero-order chi connectivity index (χ0) is 10.8. The molecule has 0 saturated heterocycles. The lowest BCUT2D eigenvalue weighted by atomic mass is 10.0. The maximum absolute atomic E-state index is 12.1. The van der Waals surface area contributed by atoms with Crippen LogP contribution in [-0.4, -0.2) is 6.29 Å². The molecule has 4 heteroatoms. The molecule has 0 aliphatic rings. The highest BCUT2D eigenvalue weighted by Gasteiger charge is 2.30. The largest absolute Gasteiger partial charge is 0.416 e. The molecule has 1 aromatic rings. The smallest absolute Gasteiger partial charge is 0.290 e. The van der Waals surface area contributed by atoms with Gasteiger partial charge in [-0.2, -0.15) is 13.2 Å². The summed E-state index contributed by atoms with van der Waals surface area (Å²) in [6, 6.07) is 4.50. The zero-order valence-electron chi connectivity index (χ0n) is 7.43. The van der Waals surface area contributed by atoms with Gasteiger partial charge in [-0.1, -0.05) is 19.1 Å². The second-order valence-electron chi connectivity index (χ2n) is 2.96. The lowest BCUT2D eigenvalue weighted by Gasteiger charge is -2.08. The first-order chi connectivity index (χ1) is 6.45. The van der Waals surface area contributed by atoms with Crippen molar-refractivity contribution in [3.63, 3.8) is 0 Å². The SMILES string of the molecule is C[C@H]([C]=O)c1ccc(C(F)(F)F)cc1. The molecule has 1 atom stereocenters. The number of hydrogen-bond acceptors (Lipinski definition) is 1. The Bertz CT molecular complexity index is 313. The molecule has 1 rings (SSSR count). The number of rotatable bonds is 2. The molecule has 0 unspecified atom stereocenters. The average Bonchev–Trinajstić information content (AvgIpc) is 2.15. The molecule has 0 fully saturated rings. The van der Waals surface area contributed by atoms with Gasteiger partial charge in [0.05, 0.1) is 5.56 Å². The predicted molar refractivity (Wildman–Crippen MR) is 45.6 cm³/mol. The molecule has 0 aromatic heterocycles. The minimum absolute atomic E-state index is 0.489. The van der Waals surface area contributed by atoms with E-state index in [1.165, 1.54) is 12.1 Å². The molecule has 0 saturated carbocycles. The van der Waals surface area contributed by atoms with Crippen molar-refractivity contribution in [1.29, 1.82) is 0 Å². The molecule has 0 amide bonds. The number of benzene rings is 1. The first kappa shape index (κ1) is 10.8. The van der Waals surface area contributed by atoms with Gasteiger partial charge in [0, 0.05) is 5.92 Å². The predicted octanol–water partition coefficient (Wildman–Crippen LogP) is 2.92. The van der Waals surface area contributed by atoms with Gasteiger partial charge in [0.1, 0.15) is 0 Å².